The highest BCUT2D eigenvalue weighted by Gasteiger charge is 2.37. The second-order valence-electron chi connectivity index (χ2n) is 8.20. The van der Waals surface area contributed by atoms with Gasteiger partial charge in [0.1, 0.15) is 0 Å². The average Bonchev–Trinajstić information content (AvgIpc) is 3.52. The third kappa shape index (κ3) is 9.48. The maximum absolute atomic E-state index is 12.3. The van der Waals surface area contributed by atoms with Crippen LogP contribution >= 0.6 is 0 Å². The molecule has 4 N–H and O–H groups in total. The van der Waals surface area contributed by atoms with E-state index in [1.807, 2.05) is 30.3 Å². The summed E-state index contributed by atoms with van der Waals surface area (Å²) in [6.45, 7) is 1.73. The van der Waals surface area contributed by atoms with E-state index in [1.165, 1.54) is 18.4 Å². The van der Waals surface area contributed by atoms with Crippen LogP contribution in [0.2, 0.25) is 0 Å². The minimum Gasteiger partial charge on any atom is -0.483 e. The second-order valence-corrected chi connectivity index (χ2v) is 8.20. The second kappa shape index (κ2) is 13.8. The minimum absolute atomic E-state index is 0.00685. The third-order valence-corrected chi connectivity index (χ3v) is 5.81. The molecule has 3 rings (SSSR count). The molecular weight excluding hydrogens is 398 g/mol. The van der Waals surface area contributed by atoms with Gasteiger partial charge in [0.15, 0.2) is 0 Å². The zero-order chi connectivity index (χ0) is 22.5. The van der Waals surface area contributed by atoms with Crippen LogP contribution in [-0.2, 0) is 20.8 Å². The molecule has 1 aromatic rings. The fourth-order valence-corrected chi connectivity index (χ4v) is 4.05. The summed E-state index contributed by atoms with van der Waals surface area (Å²) in [6, 6.07) is 10.6. The number of carbonyl (C=O) groups excluding carboxylic acids is 2. The van der Waals surface area contributed by atoms with Gasteiger partial charge in [-0.1, -0.05) is 30.3 Å². The first-order valence-electron chi connectivity index (χ1n) is 11.1. The predicted molar refractivity (Wildman–Crippen MR) is 117 cm³/mol. The summed E-state index contributed by atoms with van der Waals surface area (Å²) in [5.74, 6) is 0.851. The highest BCUT2D eigenvalue weighted by molar-refractivity contribution is 5.77. The van der Waals surface area contributed by atoms with E-state index in [4.69, 9.17) is 15.0 Å². The lowest BCUT2D eigenvalue weighted by atomic mass is 10.1. The largest absolute Gasteiger partial charge is 0.483 e. The molecule has 0 spiro atoms. The molecular formula is C23H35N3O5. The summed E-state index contributed by atoms with van der Waals surface area (Å²) in [5.41, 5.74) is 1.18. The number of aliphatic hydroxyl groups excluding tert-OH is 1. The molecule has 31 heavy (non-hydrogen) atoms. The number of rotatable bonds is 11. The minimum atomic E-state index is -0.250. The number of likely N-dealkylation sites (tertiary alicyclic amines) is 1. The molecule has 172 valence electrons. The van der Waals surface area contributed by atoms with Crippen LogP contribution in [0.5, 0.6) is 0 Å². The van der Waals surface area contributed by atoms with Crippen LogP contribution in [0.1, 0.15) is 44.1 Å². The molecule has 2 fully saturated rings. The molecule has 1 saturated heterocycles. The average molecular weight is 434 g/mol. The number of hydrogen-bond donors (Lipinski definition) is 4. The van der Waals surface area contributed by atoms with Gasteiger partial charge in [-0.2, -0.15) is 0 Å². The Kier molecular flexibility index (Phi) is 11.0. The lowest BCUT2D eigenvalue weighted by molar-refractivity contribution is -0.123. The van der Waals surface area contributed by atoms with Crippen molar-refractivity contribution in [2.24, 2.45) is 5.92 Å². The van der Waals surface area contributed by atoms with Gasteiger partial charge in [0.05, 0.1) is 6.61 Å². The van der Waals surface area contributed by atoms with E-state index in [9.17, 15) is 9.59 Å². The van der Waals surface area contributed by atoms with Crippen LogP contribution < -0.4 is 10.6 Å². The zero-order valence-electron chi connectivity index (χ0n) is 18.0. The van der Waals surface area contributed by atoms with Gasteiger partial charge in [-0.15, -0.1) is 0 Å². The third-order valence-electron chi connectivity index (χ3n) is 5.81. The summed E-state index contributed by atoms with van der Waals surface area (Å²) < 4.78 is 0. The van der Waals surface area contributed by atoms with Crippen molar-refractivity contribution in [3.05, 3.63) is 35.9 Å². The lowest BCUT2D eigenvalue weighted by Gasteiger charge is -2.30. The molecule has 0 bridgehead atoms. The van der Waals surface area contributed by atoms with Crippen molar-refractivity contribution in [3.63, 3.8) is 0 Å². The lowest BCUT2D eigenvalue weighted by Crippen LogP contribution is -2.45. The Morgan fingerprint density at radius 1 is 1.03 bits per heavy atom. The first-order chi connectivity index (χ1) is 15.1. The van der Waals surface area contributed by atoms with Crippen molar-refractivity contribution in [2.75, 3.05) is 26.2 Å². The van der Waals surface area contributed by atoms with E-state index in [0.717, 1.165) is 31.7 Å². The van der Waals surface area contributed by atoms with Gasteiger partial charge < -0.3 is 20.8 Å². The molecule has 2 aliphatic rings. The van der Waals surface area contributed by atoms with E-state index in [2.05, 4.69) is 15.5 Å². The highest BCUT2D eigenvalue weighted by Crippen LogP contribution is 2.35. The number of carboxylic acid groups (broad SMARTS) is 1. The smallest absolute Gasteiger partial charge is 0.290 e. The Morgan fingerprint density at radius 2 is 1.71 bits per heavy atom. The molecule has 2 amide bonds. The van der Waals surface area contributed by atoms with Crippen LogP contribution in [0.3, 0.4) is 0 Å². The normalized spacial score (nSPS) is 20.4. The maximum Gasteiger partial charge on any atom is 0.290 e. The SMILES string of the molecule is O=C(CCc1ccccc1)NC[C@@H]1CC[C@H](CC(=O)NCCO)N1CC1CC1.O=CO. The van der Waals surface area contributed by atoms with Crippen LogP contribution in [0.15, 0.2) is 30.3 Å². The number of carbonyl (C=O) groups is 3. The fourth-order valence-electron chi connectivity index (χ4n) is 4.05. The van der Waals surface area contributed by atoms with Crippen molar-refractivity contribution in [3.8, 4) is 0 Å². The quantitative estimate of drug-likeness (QED) is 0.389. The topological polar surface area (TPSA) is 119 Å². The number of benzene rings is 1. The molecule has 1 aromatic carbocycles. The first-order valence-corrected chi connectivity index (χ1v) is 11.1. The summed E-state index contributed by atoms with van der Waals surface area (Å²) in [6.07, 6.45) is 6.30. The molecule has 1 saturated carbocycles. The van der Waals surface area contributed by atoms with Crippen molar-refractivity contribution in [1.29, 1.82) is 0 Å². The maximum atomic E-state index is 12.3. The van der Waals surface area contributed by atoms with Crippen molar-refractivity contribution >= 4 is 18.3 Å². The number of nitrogens with one attached hydrogen (secondary N) is 2. The Labute approximate surface area is 184 Å². The molecule has 0 unspecified atom stereocenters. The molecule has 8 nitrogen and oxygen atoms in total. The number of nitrogens with zero attached hydrogens (tertiary/aromatic N) is 1. The Morgan fingerprint density at radius 3 is 2.35 bits per heavy atom. The summed E-state index contributed by atoms with van der Waals surface area (Å²) in [5, 5.41) is 21.6. The molecule has 1 aliphatic carbocycles. The number of aliphatic hydroxyl groups is 1. The van der Waals surface area contributed by atoms with Crippen LogP contribution in [0.4, 0.5) is 0 Å². The molecule has 1 heterocycles. The summed E-state index contributed by atoms with van der Waals surface area (Å²) >= 11 is 0. The van der Waals surface area contributed by atoms with Gasteiger partial charge in [0, 0.05) is 44.6 Å². The van der Waals surface area contributed by atoms with Crippen LogP contribution in [0.25, 0.3) is 0 Å². The first kappa shape index (κ1) is 24.8. The zero-order valence-corrected chi connectivity index (χ0v) is 18.0. The monoisotopic (exact) mass is 433 g/mol. The molecule has 8 heteroatoms. The summed E-state index contributed by atoms with van der Waals surface area (Å²) in [4.78, 5) is 35.2. The van der Waals surface area contributed by atoms with Gasteiger partial charge in [-0.3, -0.25) is 19.3 Å². The Hall–Kier alpha value is -2.45. The van der Waals surface area contributed by atoms with Crippen LogP contribution in [0, 0.1) is 5.92 Å². The highest BCUT2D eigenvalue weighted by atomic mass is 16.3. The summed E-state index contributed by atoms with van der Waals surface area (Å²) in [7, 11) is 0. The number of aryl methyl sites for hydroxylation is 1. The Balaban J connectivity index is 0.00000107. The number of amides is 2. The van der Waals surface area contributed by atoms with E-state index in [0.29, 0.717) is 32.0 Å². The van der Waals surface area contributed by atoms with E-state index in [-0.39, 0.29) is 30.9 Å². The van der Waals surface area contributed by atoms with Crippen molar-refractivity contribution in [1.82, 2.24) is 15.5 Å². The van der Waals surface area contributed by atoms with Gasteiger partial charge >= 0.3 is 0 Å². The van der Waals surface area contributed by atoms with Crippen molar-refractivity contribution in [2.45, 2.75) is 57.0 Å². The molecule has 2 atom stereocenters. The fraction of sp³-hybridized carbons (Fsp3) is 0.609. The molecule has 0 aromatic heterocycles. The van der Waals surface area contributed by atoms with E-state index in [1.54, 1.807) is 0 Å². The van der Waals surface area contributed by atoms with Gasteiger partial charge in [-0.25, -0.2) is 0 Å². The van der Waals surface area contributed by atoms with Crippen LogP contribution in [-0.4, -0.2) is 71.7 Å². The molecule has 0 radical (unpaired) electrons. The molecule has 1 aliphatic heterocycles. The Bertz CT molecular complexity index is 681. The van der Waals surface area contributed by atoms with Gasteiger partial charge in [0.2, 0.25) is 11.8 Å². The van der Waals surface area contributed by atoms with Gasteiger partial charge in [-0.05, 0) is 43.6 Å². The van der Waals surface area contributed by atoms with E-state index >= 15 is 0 Å². The van der Waals surface area contributed by atoms with E-state index < -0.39 is 0 Å². The standard InChI is InChI=1S/C22H33N3O3.CH2O2/c26-13-12-23-22(28)14-19-9-10-20(25(19)16-18-6-7-18)15-24-21(27)11-8-17-4-2-1-3-5-17;2-1-3/h1-5,18-20,26H,6-16H2,(H,23,28)(H,24,27);1H,(H,2,3)/t19-,20+;/m1./s1. The van der Waals surface area contributed by atoms with Crippen molar-refractivity contribution < 1.29 is 24.6 Å². The number of hydrogen-bond acceptors (Lipinski definition) is 5. The predicted octanol–water partition coefficient (Wildman–Crippen LogP) is 1.18. The van der Waals surface area contributed by atoms with Gasteiger partial charge in [0.25, 0.3) is 6.47 Å².